The highest BCUT2D eigenvalue weighted by Gasteiger charge is 2.30. The van der Waals surface area contributed by atoms with Crippen LogP contribution in [0, 0.1) is 17.2 Å². The molecule has 1 N–H and O–H groups in total. The molecule has 2 aliphatic heterocycles. The van der Waals surface area contributed by atoms with Gasteiger partial charge in [-0.25, -0.2) is 4.98 Å². The Balaban J connectivity index is 1.35. The highest BCUT2D eigenvalue weighted by molar-refractivity contribution is 6.05. The quantitative estimate of drug-likeness (QED) is 0.574. The summed E-state index contributed by atoms with van der Waals surface area (Å²) in [6.45, 7) is 6.23. The first kappa shape index (κ1) is 23.6. The van der Waals surface area contributed by atoms with Crippen LogP contribution in [-0.4, -0.2) is 56.3 Å². The van der Waals surface area contributed by atoms with E-state index in [0.29, 0.717) is 36.7 Å². The van der Waals surface area contributed by atoms with Crippen LogP contribution < -0.4 is 24.6 Å². The molecule has 2 aliphatic rings. The number of benzene rings is 2. The number of pyridine rings is 1. The largest absolute Gasteiger partial charge is 0.486 e. The Bertz CT molecular complexity index is 1240. The molecular formula is C28H29N5O3. The molecule has 8 heteroatoms. The predicted octanol–water partition coefficient (Wildman–Crippen LogP) is 3.49. The first-order valence-corrected chi connectivity index (χ1v) is 12.2. The number of nitriles is 1. The second-order valence-corrected chi connectivity index (χ2v) is 9.08. The fourth-order valence-electron chi connectivity index (χ4n) is 4.74. The van der Waals surface area contributed by atoms with Crippen molar-refractivity contribution in [1.82, 2.24) is 10.3 Å². The Hall–Kier alpha value is -4.09. The van der Waals surface area contributed by atoms with Crippen molar-refractivity contribution >= 4 is 17.4 Å². The standard InChI is InChI=1S/C28H29N5O3/c1-20(23-19-32(14-13-30-23)24-5-4-6-25-27(24)36-16-15-35-25)18-33(26-7-2-3-12-31-26)28(34)22-10-8-21(17-29)9-11-22/h2-12,20,23,30H,13-16,18-19H2,1H3/t20?,23-/m0/s1. The number of nitrogens with one attached hydrogen (secondary N) is 1. The molecule has 1 aromatic heterocycles. The summed E-state index contributed by atoms with van der Waals surface area (Å²) >= 11 is 0. The van der Waals surface area contributed by atoms with Gasteiger partial charge in [-0.3, -0.25) is 9.69 Å². The molecule has 1 amide bonds. The summed E-state index contributed by atoms with van der Waals surface area (Å²) in [5, 5.41) is 12.7. The highest BCUT2D eigenvalue weighted by atomic mass is 16.6. The van der Waals surface area contributed by atoms with E-state index in [9.17, 15) is 4.79 Å². The van der Waals surface area contributed by atoms with E-state index < -0.39 is 0 Å². The third kappa shape index (κ3) is 4.97. The molecule has 5 rings (SSSR count). The first-order valence-electron chi connectivity index (χ1n) is 12.2. The molecule has 184 valence electrons. The van der Waals surface area contributed by atoms with E-state index >= 15 is 0 Å². The highest BCUT2D eigenvalue weighted by Crippen LogP contribution is 2.40. The van der Waals surface area contributed by atoms with Gasteiger partial charge >= 0.3 is 0 Å². The number of ether oxygens (including phenoxy) is 2. The summed E-state index contributed by atoms with van der Waals surface area (Å²) < 4.78 is 11.7. The molecule has 0 aliphatic carbocycles. The Kier molecular flexibility index (Phi) is 7.01. The third-order valence-corrected chi connectivity index (χ3v) is 6.68. The number of rotatable bonds is 6. The molecule has 8 nitrogen and oxygen atoms in total. The number of hydrogen-bond donors (Lipinski definition) is 1. The molecule has 2 atom stereocenters. The summed E-state index contributed by atoms with van der Waals surface area (Å²) in [7, 11) is 0. The summed E-state index contributed by atoms with van der Waals surface area (Å²) in [5.74, 6) is 2.20. The normalized spacial score (nSPS) is 17.7. The number of carbonyl (C=O) groups excluding carboxylic acids is 1. The van der Waals surface area contributed by atoms with E-state index in [4.69, 9.17) is 14.7 Å². The van der Waals surface area contributed by atoms with Crippen LogP contribution in [0.5, 0.6) is 11.5 Å². The van der Waals surface area contributed by atoms with Crippen molar-refractivity contribution in [2.24, 2.45) is 5.92 Å². The minimum atomic E-state index is -0.139. The SMILES string of the molecule is CC(CN(C(=O)c1ccc(C#N)cc1)c1ccccn1)[C@@H]1CN(c2cccc3c2OCCO3)CCN1. The van der Waals surface area contributed by atoms with Gasteiger partial charge in [-0.15, -0.1) is 0 Å². The van der Waals surface area contributed by atoms with E-state index in [0.717, 1.165) is 36.8 Å². The van der Waals surface area contributed by atoms with Gasteiger partial charge in [-0.1, -0.05) is 19.1 Å². The van der Waals surface area contributed by atoms with Crippen molar-refractivity contribution in [1.29, 1.82) is 5.26 Å². The van der Waals surface area contributed by atoms with Crippen LogP contribution in [0.1, 0.15) is 22.8 Å². The summed E-state index contributed by atoms with van der Waals surface area (Å²) in [4.78, 5) is 22.1. The maximum absolute atomic E-state index is 13.6. The molecule has 3 heterocycles. The van der Waals surface area contributed by atoms with Gasteiger partial charge in [0.25, 0.3) is 5.91 Å². The Morgan fingerprint density at radius 2 is 2.00 bits per heavy atom. The van der Waals surface area contributed by atoms with Gasteiger partial charge in [0.05, 0.1) is 17.3 Å². The number of nitrogens with zero attached hydrogens (tertiary/aromatic N) is 4. The van der Waals surface area contributed by atoms with E-state index in [1.165, 1.54) is 0 Å². The van der Waals surface area contributed by atoms with Crippen molar-refractivity contribution < 1.29 is 14.3 Å². The number of hydrogen-bond acceptors (Lipinski definition) is 7. The zero-order valence-electron chi connectivity index (χ0n) is 20.3. The van der Waals surface area contributed by atoms with Crippen LogP contribution in [0.3, 0.4) is 0 Å². The van der Waals surface area contributed by atoms with Crippen molar-refractivity contribution in [2.45, 2.75) is 13.0 Å². The molecule has 1 unspecified atom stereocenters. The molecule has 36 heavy (non-hydrogen) atoms. The van der Waals surface area contributed by atoms with Crippen LogP contribution >= 0.6 is 0 Å². The number of fused-ring (bicyclic) bond motifs is 1. The Labute approximate surface area is 211 Å². The van der Waals surface area contributed by atoms with Gasteiger partial charge in [0.15, 0.2) is 11.5 Å². The van der Waals surface area contributed by atoms with Gasteiger partial charge in [0.1, 0.15) is 19.0 Å². The molecule has 0 radical (unpaired) electrons. The number of para-hydroxylation sites is 1. The molecule has 1 saturated heterocycles. The smallest absolute Gasteiger partial charge is 0.259 e. The summed E-state index contributed by atoms with van der Waals surface area (Å²) in [6.07, 6.45) is 1.69. The lowest BCUT2D eigenvalue weighted by molar-refractivity contribution is 0.0980. The Morgan fingerprint density at radius 1 is 1.17 bits per heavy atom. The fourth-order valence-corrected chi connectivity index (χ4v) is 4.74. The number of anilines is 2. The molecular weight excluding hydrogens is 454 g/mol. The molecule has 0 saturated carbocycles. The number of carbonyl (C=O) groups is 1. The minimum Gasteiger partial charge on any atom is -0.486 e. The monoisotopic (exact) mass is 483 g/mol. The van der Waals surface area contributed by atoms with Gasteiger partial charge in [-0.2, -0.15) is 5.26 Å². The fraction of sp³-hybridized carbons (Fsp3) is 0.321. The third-order valence-electron chi connectivity index (χ3n) is 6.68. The average Bonchev–Trinajstić information content (AvgIpc) is 2.95. The van der Waals surface area contributed by atoms with E-state index in [2.05, 4.69) is 34.3 Å². The summed E-state index contributed by atoms with van der Waals surface area (Å²) in [5.41, 5.74) is 2.09. The number of aromatic nitrogens is 1. The molecule has 0 bridgehead atoms. The maximum Gasteiger partial charge on any atom is 0.259 e. The van der Waals surface area contributed by atoms with Gasteiger partial charge in [-0.05, 0) is 54.4 Å². The number of amides is 1. The van der Waals surface area contributed by atoms with E-state index in [1.54, 1.807) is 35.4 Å². The minimum absolute atomic E-state index is 0.133. The first-order chi connectivity index (χ1) is 17.6. The zero-order valence-corrected chi connectivity index (χ0v) is 20.3. The summed E-state index contributed by atoms with van der Waals surface area (Å²) in [6, 6.07) is 20.6. The average molecular weight is 484 g/mol. The second kappa shape index (κ2) is 10.7. The molecule has 0 spiro atoms. The molecule has 3 aromatic rings. The van der Waals surface area contributed by atoms with Gasteiger partial charge < -0.3 is 19.7 Å². The van der Waals surface area contributed by atoms with Crippen LogP contribution in [0.2, 0.25) is 0 Å². The van der Waals surface area contributed by atoms with Crippen LogP contribution in [-0.2, 0) is 0 Å². The topological polar surface area (TPSA) is 90.7 Å². The van der Waals surface area contributed by atoms with Gasteiger partial charge in [0.2, 0.25) is 0 Å². The zero-order chi connectivity index (χ0) is 24.9. The lowest BCUT2D eigenvalue weighted by atomic mass is 9.97. The van der Waals surface area contributed by atoms with Crippen molar-refractivity contribution in [3.8, 4) is 17.6 Å². The van der Waals surface area contributed by atoms with Gasteiger partial charge in [0, 0.05) is 44.0 Å². The van der Waals surface area contributed by atoms with E-state index in [1.807, 2.05) is 30.3 Å². The molecule has 2 aromatic carbocycles. The Morgan fingerprint density at radius 3 is 2.78 bits per heavy atom. The van der Waals surface area contributed by atoms with Crippen molar-refractivity contribution in [3.63, 3.8) is 0 Å². The van der Waals surface area contributed by atoms with Crippen molar-refractivity contribution in [3.05, 3.63) is 78.0 Å². The molecule has 1 fully saturated rings. The predicted molar refractivity (Wildman–Crippen MR) is 138 cm³/mol. The maximum atomic E-state index is 13.6. The second-order valence-electron chi connectivity index (χ2n) is 9.08. The van der Waals surface area contributed by atoms with Crippen LogP contribution in [0.4, 0.5) is 11.5 Å². The number of piperazine rings is 1. The van der Waals surface area contributed by atoms with E-state index in [-0.39, 0.29) is 17.9 Å². The van der Waals surface area contributed by atoms with Crippen LogP contribution in [0.25, 0.3) is 0 Å². The van der Waals surface area contributed by atoms with Crippen molar-refractivity contribution in [2.75, 3.05) is 49.2 Å². The van der Waals surface area contributed by atoms with Crippen LogP contribution in [0.15, 0.2) is 66.9 Å². The lowest BCUT2D eigenvalue weighted by Gasteiger charge is -2.40. The lowest BCUT2D eigenvalue weighted by Crippen LogP contribution is -2.55.